The van der Waals surface area contributed by atoms with E-state index in [9.17, 15) is 14.4 Å². The number of nitrogens with one attached hydrogen (secondary N) is 1. The average molecular weight is 414 g/mol. The predicted molar refractivity (Wildman–Crippen MR) is 108 cm³/mol. The van der Waals surface area contributed by atoms with Gasteiger partial charge in [0.1, 0.15) is 5.82 Å². The van der Waals surface area contributed by atoms with E-state index in [1.54, 1.807) is 17.9 Å². The van der Waals surface area contributed by atoms with E-state index in [1.165, 1.54) is 4.68 Å². The quantitative estimate of drug-likeness (QED) is 0.708. The number of rotatable bonds is 6. The first-order valence-corrected chi connectivity index (χ1v) is 9.79. The molecule has 3 heterocycles. The molecule has 10 heteroatoms. The first kappa shape index (κ1) is 21.4. The Labute approximate surface area is 174 Å². The number of hydrogen-bond acceptors (Lipinski definition) is 7. The maximum absolute atomic E-state index is 12.3. The smallest absolute Gasteiger partial charge is 0.311 e. The molecule has 3 rings (SSSR count). The maximum Gasteiger partial charge on any atom is 0.311 e. The molecule has 10 nitrogen and oxygen atoms in total. The normalized spacial score (nSPS) is 16.3. The Bertz CT molecular complexity index is 963. The van der Waals surface area contributed by atoms with Crippen LogP contribution in [0.5, 0.6) is 0 Å². The summed E-state index contributed by atoms with van der Waals surface area (Å²) in [7, 11) is 0. The molecule has 1 atom stereocenters. The van der Waals surface area contributed by atoms with Crippen molar-refractivity contribution < 1.29 is 19.1 Å². The molecule has 0 aliphatic carbocycles. The number of aryl methyl sites for hydroxylation is 3. The van der Waals surface area contributed by atoms with Gasteiger partial charge < -0.3 is 15.0 Å². The van der Waals surface area contributed by atoms with Crippen LogP contribution in [0.2, 0.25) is 0 Å². The van der Waals surface area contributed by atoms with E-state index in [0.717, 1.165) is 11.4 Å². The second kappa shape index (κ2) is 8.60. The molecule has 0 aromatic carbocycles. The van der Waals surface area contributed by atoms with Crippen molar-refractivity contribution in [3.05, 3.63) is 29.2 Å². The van der Waals surface area contributed by atoms with E-state index in [1.807, 2.05) is 33.8 Å². The molecule has 2 aromatic heterocycles. The van der Waals surface area contributed by atoms with Crippen molar-refractivity contribution in [1.82, 2.24) is 24.6 Å². The minimum absolute atomic E-state index is 0.0228. The summed E-state index contributed by atoms with van der Waals surface area (Å²) in [5.41, 5.74) is 2.22. The zero-order valence-electron chi connectivity index (χ0n) is 17.8. The Morgan fingerprint density at radius 2 is 1.83 bits per heavy atom. The summed E-state index contributed by atoms with van der Waals surface area (Å²) in [6, 6.07) is 3.54. The van der Waals surface area contributed by atoms with E-state index in [4.69, 9.17) is 4.74 Å². The molecule has 1 saturated heterocycles. The fourth-order valence-corrected chi connectivity index (χ4v) is 3.36. The lowest BCUT2D eigenvalue weighted by molar-refractivity contribution is -0.151. The van der Waals surface area contributed by atoms with Gasteiger partial charge in [-0.15, -0.1) is 0 Å². The number of amides is 2. The first-order valence-electron chi connectivity index (χ1n) is 9.79. The highest BCUT2D eigenvalue weighted by atomic mass is 16.5. The van der Waals surface area contributed by atoms with Crippen LogP contribution in [-0.4, -0.2) is 61.6 Å². The van der Waals surface area contributed by atoms with Crippen LogP contribution in [0, 0.1) is 26.7 Å². The Balaban J connectivity index is 1.62. The van der Waals surface area contributed by atoms with Crippen LogP contribution in [0.3, 0.4) is 0 Å². The summed E-state index contributed by atoms with van der Waals surface area (Å²) in [5, 5.41) is 7.01. The van der Waals surface area contributed by atoms with Gasteiger partial charge in [-0.25, -0.2) is 9.97 Å². The monoisotopic (exact) mass is 414 g/mol. The number of likely N-dealkylation sites (tertiary alicyclic amines) is 1. The summed E-state index contributed by atoms with van der Waals surface area (Å²) >= 11 is 0. The Hall–Kier alpha value is -3.30. The van der Waals surface area contributed by atoms with E-state index < -0.39 is 24.4 Å². The van der Waals surface area contributed by atoms with Crippen LogP contribution in [0.1, 0.15) is 37.4 Å². The van der Waals surface area contributed by atoms with E-state index in [0.29, 0.717) is 24.0 Å². The van der Waals surface area contributed by atoms with Crippen LogP contribution in [0.4, 0.5) is 5.82 Å². The molecule has 2 amide bonds. The third kappa shape index (κ3) is 4.81. The van der Waals surface area contributed by atoms with Gasteiger partial charge in [0.25, 0.3) is 11.9 Å². The lowest BCUT2D eigenvalue weighted by Gasteiger charge is -2.20. The van der Waals surface area contributed by atoms with Crippen molar-refractivity contribution in [3.63, 3.8) is 0 Å². The van der Waals surface area contributed by atoms with Gasteiger partial charge >= 0.3 is 5.97 Å². The predicted octanol–water partition coefficient (Wildman–Crippen LogP) is 1.33. The summed E-state index contributed by atoms with van der Waals surface area (Å²) < 4.78 is 6.57. The first-order chi connectivity index (χ1) is 14.1. The van der Waals surface area contributed by atoms with Gasteiger partial charge in [-0.1, -0.05) is 0 Å². The van der Waals surface area contributed by atoms with Crippen LogP contribution in [0.25, 0.3) is 5.95 Å². The number of aromatic nitrogens is 4. The molecule has 0 saturated carbocycles. The van der Waals surface area contributed by atoms with Gasteiger partial charge in [-0.2, -0.15) is 9.78 Å². The van der Waals surface area contributed by atoms with Crippen molar-refractivity contribution in [1.29, 1.82) is 0 Å². The van der Waals surface area contributed by atoms with Crippen LogP contribution < -0.4 is 5.32 Å². The summed E-state index contributed by atoms with van der Waals surface area (Å²) in [6.45, 7) is 9.12. The molecule has 0 radical (unpaired) electrons. The molecule has 0 bridgehead atoms. The third-order valence-electron chi connectivity index (χ3n) is 4.72. The SMILES string of the molecule is Cc1cc(C)nc(-n2nc(C)cc2NC(=O)COC(=O)C2CC(=O)N(C(C)C)C2)n1. The number of nitrogens with zero attached hydrogens (tertiary/aromatic N) is 5. The fraction of sp³-hybridized carbons (Fsp3) is 0.500. The number of anilines is 1. The number of carbonyl (C=O) groups is 3. The topological polar surface area (TPSA) is 119 Å². The highest BCUT2D eigenvalue weighted by Gasteiger charge is 2.36. The van der Waals surface area contributed by atoms with Crippen molar-refractivity contribution in [3.8, 4) is 5.95 Å². The summed E-state index contributed by atoms with van der Waals surface area (Å²) in [5.74, 6) is -0.983. The zero-order chi connectivity index (χ0) is 22.0. The molecular weight excluding hydrogens is 388 g/mol. The van der Waals surface area contributed by atoms with Gasteiger partial charge in [0.15, 0.2) is 6.61 Å². The number of hydrogen-bond donors (Lipinski definition) is 1. The minimum atomic E-state index is -0.552. The van der Waals surface area contributed by atoms with E-state index in [-0.39, 0.29) is 18.4 Å². The second-order valence-corrected chi connectivity index (χ2v) is 7.73. The minimum Gasteiger partial charge on any atom is -0.455 e. The van der Waals surface area contributed by atoms with E-state index in [2.05, 4.69) is 20.4 Å². The molecular formula is C20H26N6O4. The highest BCUT2D eigenvalue weighted by molar-refractivity contribution is 5.93. The van der Waals surface area contributed by atoms with E-state index >= 15 is 0 Å². The summed E-state index contributed by atoms with van der Waals surface area (Å²) in [6.07, 6.45) is 0.106. The van der Waals surface area contributed by atoms with Gasteiger partial charge in [-0.05, 0) is 40.7 Å². The van der Waals surface area contributed by atoms with Gasteiger partial charge in [0.2, 0.25) is 5.91 Å². The maximum atomic E-state index is 12.3. The number of carbonyl (C=O) groups excluding carboxylic acids is 3. The van der Waals surface area contributed by atoms with Crippen molar-refractivity contribution in [2.75, 3.05) is 18.5 Å². The Kier molecular flexibility index (Phi) is 6.14. The van der Waals surface area contributed by atoms with Crippen molar-refractivity contribution in [2.45, 2.75) is 47.1 Å². The molecule has 2 aromatic rings. The molecule has 0 spiro atoms. The van der Waals surface area contributed by atoms with Crippen molar-refractivity contribution in [2.24, 2.45) is 5.92 Å². The molecule has 160 valence electrons. The van der Waals surface area contributed by atoms with Gasteiger partial charge in [0.05, 0.1) is 11.6 Å². The Morgan fingerprint density at radius 1 is 1.17 bits per heavy atom. The molecule has 30 heavy (non-hydrogen) atoms. The lowest BCUT2D eigenvalue weighted by Crippen LogP contribution is -2.33. The molecule has 1 N–H and O–H groups in total. The molecule has 1 aliphatic rings. The molecule has 1 unspecified atom stereocenters. The van der Waals surface area contributed by atoms with Crippen LogP contribution >= 0.6 is 0 Å². The Morgan fingerprint density at radius 3 is 2.43 bits per heavy atom. The molecule has 1 aliphatic heterocycles. The highest BCUT2D eigenvalue weighted by Crippen LogP contribution is 2.21. The summed E-state index contributed by atoms with van der Waals surface area (Å²) in [4.78, 5) is 46.9. The largest absolute Gasteiger partial charge is 0.455 e. The van der Waals surface area contributed by atoms with Crippen LogP contribution in [-0.2, 0) is 19.1 Å². The fourth-order valence-electron chi connectivity index (χ4n) is 3.36. The number of ether oxygens (including phenoxy) is 1. The third-order valence-corrected chi connectivity index (χ3v) is 4.72. The van der Waals surface area contributed by atoms with Crippen LogP contribution in [0.15, 0.2) is 12.1 Å². The second-order valence-electron chi connectivity index (χ2n) is 7.73. The van der Waals surface area contributed by atoms with Gasteiger partial charge in [-0.3, -0.25) is 14.4 Å². The zero-order valence-corrected chi connectivity index (χ0v) is 17.8. The lowest BCUT2D eigenvalue weighted by atomic mass is 10.1. The average Bonchev–Trinajstić information content (AvgIpc) is 3.21. The van der Waals surface area contributed by atoms with Gasteiger partial charge in [0, 0.05) is 36.5 Å². The molecule has 1 fully saturated rings. The van der Waals surface area contributed by atoms with Crippen molar-refractivity contribution >= 4 is 23.6 Å². The number of esters is 1. The standard InChI is InChI=1S/C20H26N6O4/c1-11(2)25-9-15(8-18(25)28)19(29)30-10-17(27)23-16-7-14(5)24-26(16)20-21-12(3)6-13(4)22-20/h6-7,11,15H,8-10H2,1-5H3,(H,23,27).